The normalized spacial score (nSPS) is 21.7. The second kappa shape index (κ2) is 24.0. The van der Waals surface area contributed by atoms with Gasteiger partial charge in [0.1, 0.15) is 36.0 Å². The minimum absolute atomic E-state index is 0.00654. The Kier molecular flexibility index (Phi) is 16.8. The maximum atomic E-state index is 16.9. The first kappa shape index (κ1) is 55.2. The number of hydrogen-bond acceptors (Lipinski definition) is 16. The van der Waals surface area contributed by atoms with E-state index in [2.05, 4.69) is 27.4 Å². The zero-order valence-electron chi connectivity index (χ0n) is 44.3. The summed E-state index contributed by atoms with van der Waals surface area (Å²) in [5, 5.41) is 15.5. The lowest BCUT2D eigenvalue weighted by Gasteiger charge is -2.46. The predicted octanol–water partition coefficient (Wildman–Crippen LogP) is 5.81. The van der Waals surface area contributed by atoms with Gasteiger partial charge in [0.2, 0.25) is 11.8 Å². The van der Waals surface area contributed by atoms with Crippen LogP contribution in [-0.2, 0) is 57.9 Å². The molecule has 4 heterocycles. The molecule has 9 rings (SSSR count). The smallest absolute Gasteiger partial charge is 0.329 e. The number of ether oxygens (including phenoxy) is 6. The third-order valence-electron chi connectivity index (χ3n) is 14.9. The number of anilines is 3. The number of carbonyl (C=O) groups excluding carboxylic acids is 7. The topological polar surface area (TPSA) is 229 Å². The summed E-state index contributed by atoms with van der Waals surface area (Å²) in [6.45, 7) is 5.51. The average Bonchev–Trinajstić information content (AvgIpc) is 2.41. The lowest BCUT2D eigenvalue weighted by atomic mass is 9.65. The molecule has 0 unspecified atom stereocenters. The number of morpholine rings is 2. The van der Waals surface area contributed by atoms with Crippen molar-refractivity contribution in [1.82, 2.24) is 10.2 Å². The Morgan fingerprint density at radius 3 is 2.00 bits per heavy atom. The molecule has 5 aromatic carbocycles. The van der Waals surface area contributed by atoms with Crippen molar-refractivity contribution < 1.29 is 67.1 Å². The summed E-state index contributed by atoms with van der Waals surface area (Å²) in [6.07, 6.45) is -1.35. The van der Waals surface area contributed by atoms with E-state index in [9.17, 15) is 19.5 Å². The monoisotopic (exact) mass is 1080 g/mol. The number of hydrogen-bond donors (Lipinski definition) is 3. The molecular formula is C60H61N5O14. The number of amides is 4. The van der Waals surface area contributed by atoms with Crippen molar-refractivity contribution in [1.29, 1.82) is 0 Å². The van der Waals surface area contributed by atoms with E-state index < -0.39 is 95.2 Å². The molecule has 0 bridgehead atoms. The number of carbonyl (C=O) groups is 7. The maximum absolute atomic E-state index is 16.9. The summed E-state index contributed by atoms with van der Waals surface area (Å²) in [5.74, 6) is -2.40. The first-order valence-electron chi connectivity index (χ1n) is 25.9. The first-order chi connectivity index (χ1) is 38.3. The second-order valence-corrected chi connectivity index (χ2v) is 19.7. The summed E-state index contributed by atoms with van der Waals surface area (Å²) in [6, 6.07) is 30.9. The highest BCUT2D eigenvalue weighted by Gasteiger charge is 2.75. The van der Waals surface area contributed by atoms with Crippen molar-refractivity contribution in [2.24, 2.45) is 17.8 Å². The van der Waals surface area contributed by atoms with Crippen molar-refractivity contribution in [3.05, 3.63) is 155 Å². The predicted molar refractivity (Wildman–Crippen MR) is 287 cm³/mol. The number of cyclic esters (lactones) is 1. The van der Waals surface area contributed by atoms with E-state index in [4.69, 9.17) is 28.4 Å². The molecule has 5 aromatic rings. The zero-order valence-corrected chi connectivity index (χ0v) is 44.3. The average molecular weight is 1080 g/mol. The summed E-state index contributed by atoms with van der Waals surface area (Å²) in [5.41, 5.74) is 1.02. The molecule has 410 valence electrons. The molecule has 0 aromatic heterocycles. The number of nitrogens with one attached hydrogen (secondary N) is 2. The van der Waals surface area contributed by atoms with Gasteiger partial charge in [0.05, 0.1) is 64.8 Å². The first-order valence-corrected chi connectivity index (χ1v) is 25.9. The van der Waals surface area contributed by atoms with Crippen molar-refractivity contribution in [3.63, 3.8) is 0 Å². The maximum Gasteiger partial charge on any atom is 0.329 e. The molecule has 0 radical (unpaired) electrons. The molecule has 0 saturated carbocycles. The number of urea groups is 1. The van der Waals surface area contributed by atoms with Crippen LogP contribution >= 0.6 is 0 Å². The van der Waals surface area contributed by atoms with Crippen molar-refractivity contribution in [3.8, 4) is 17.6 Å². The molecule has 1 spiro atoms. The number of benzene rings is 5. The number of imide groups is 1. The van der Waals surface area contributed by atoms with E-state index >= 15 is 19.2 Å². The Bertz CT molecular complexity index is 3120. The molecule has 7 atom stereocenters. The molecule has 4 aliphatic rings. The van der Waals surface area contributed by atoms with E-state index in [0.29, 0.717) is 54.4 Å². The Morgan fingerprint density at radius 2 is 1.39 bits per heavy atom. The highest BCUT2D eigenvalue weighted by atomic mass is 16.6. The Hall–Kier alpha value is -8.57. The van der Waals surface area contributed by atoms with Crippen LogP contribution in [0.25, 0.3) is 0 Å². The number of methoxy groups -OCH3 is 3. The Labute approximate surface area is 457 Å². The van der Waals surface area contributed by atoms with E-state index in [1.165, 1.54) is 19.2 Å². The minimum atomic E-state index is -2.25. The fourth-order valence-corrected chi connectivity index (χ4v) is 11.3. The van der Waals surface area contributed by atoms with Crippen molar-refractivity contribution >= 4 is 58.8 Å². The van der Waals surface area contributed by atoms with Gasteiger partial charge in [0.15, 0.2) is 5.92 Å². The van der Waals surface area contributed by atoms with Crippen LogP contribution in [0.4, 0.5) is 21.9 Å². The summed E-state index contributed by atoms with van der Waals surface area (Å²) < 4.78 is 32.9. The van der Waals surface area contributed by atoms with Crippen molar-refractivity contribution in [2.75, 3.05) is 76.0 Å². The lowest BCUT2D eigenvalue weighted by Crippen LogP contribution is -2.57. The molecule has 0 aliphatic carbocycles. The summed E-state index contributed by atoms with van der Waals surface area (Å²) >= 11 is 0. The van der Waals surface area contributed by atoms with Gasteiger partial charge in [-0.2, -0.15) is 0 Å². The SMILES string of the molecule is COC(=O)C(CC#Cc1ccc2c(c1)[C@]1(C(=O)N2C(=O)N[C@H](C(=O)OC)C(C)C)[C@H](C(=O)Nc2ccc(N3CCOCC3)cc2)[C@H]2C(=O)O[C@H](c3ccccc3)[C@H](c3ccccc3)N2[C@@H]1c1ccc(OCCO)cc1)C(=O)OC. The van der Waals surface area contributed by atoms with E-state index in [1.54, 1.807) is 56.3 Å². The van der Waals surface area contributed by atoms with Crippen LogP contribution in [0, 0.1) is 29.6 Å². The van der Waals surface area contributed by atoms with Gasteiger partial charge in [-0.25, -0.2) is 14.5 Å². The molecular weight excluding hydrogens is 1010 g/mol. The second-order valence-electron chi connectivity index (χ2n) is 19.7. The fraction of sp³-hybridized carbons (Fsp3) is 0.350. The molecule has 3 saturated heterocycles. The number of fused-ring (bicyclic) bond motifs is 3. The third kappa shape index (κ3) is 10.6. The number of esters is 4. The number of aliphatic hydroxyl groups excluding tert-OH is 1. The molecule has 79 heavy (non-hydrogen) atoms. The molecule has 3 N–H and O–H groups in total. The van der Waals surface area contributed by atoms with E-state index in [-0.39, 0.29) is 36.4 Å². The fourth-order valence-electron chi connectivity index (χ4n) is 11.3. The molecule has 4 amide bonds. The van der Waals surface area contributed by atoms with Crippen LogP contribution in [-0.4, -0.2) is 125 Å². The number of aliphatic hydroxyl groups is 1. The standard InChI is InChI=1S/C60H61N5O14/c1-36(2)48(56(70)76-5)62-59(73)64-46-28-19-37(13-12-18-44(54(68)74-3)55(69)75-4)35-45(46)60(58(64)72)47(53(67)61-41-22-24-42(25-23-41)63-29-32-77-33-30-63)50-57(71)79-51(39-16-10-7-11-17-39)49(38-14-8-6-9-15-38)65(50)52(60)40-20-26-43(27-21-40)78-34-31-66/h6-11,14-17,19-28,35-36,44,47-52,66H,18,29-34H2,1-5H3,(H,61,67)(H,62,73)/t47-,48-,49-,50-,51+,52+,60-/m0/s1. The molecule has 19 nitrogen and oxygen atoms in total. The van der Waals surface area contributed by atoms with Crippen LogP contribution in [0.1, 0.15) is 66.3 Å². The third-order valence-corrected chi connectivity index (χ3v) is 14.9. The van der Waals surface area contributed by atoms with Gasteiger partial charge < -0.3 is 49.1 Å². The van der Waals surface area contributed by atoms with Gasteiger partial charge in [0.25, 0.3) is 0 Å². The van der Waals surface area contributed by atoms with E-state index in [1.807, 2.05) is 77.7 Å². The Balaban J connectivity index is 1.33. The summed E-state index contributed by atoms with van der Waals surface area (Å²) in [7, 11) is 3.45. The quantitative estimate of drug-likeness (QED) is 0.0486. The van der Waals surface area contributed by atoms with Gasteiger partial charge in [-0.05, 0) is 82.8 Å². The van der Waals surface area contributed by atoms with Crippen LogP contribution in [0.3, 0.4) is 0 Å². The van der Waals surface area contributed by atoms with Crippen LogP contribution in [0.2, 0.25) is 0 Å². The number of rotatable bonds is 15. The highest BCUT2D eigenvalue weighted by Crippen LogP contribution is 2.66. The van der Waals surface area contributed by atoms with Gasteiger partial charge in [-0.1, -0.05) is 98.5 Å². The minimum Gasteiger partial charge on any atom is -0.491 e. The highest BCUT2D eigenvalue weighted by molar-refractivity contribution is 6.25. The van der Waals surface area contributed by atoms with Gasteiger partial charge in [-0.15, -0.1) is 0 Å². The molecule has 4 aliphatic heterocycles. The van der Waals surface area contributed by atoms with Crippen LogP contribution in [0.15, 0.2) is 127 Å². The lowest BCUT2D eigenvalue weighted by molar-refractivity contribution is -0.178. The largest absolute Gasteiger partial charge is 0.491 e. The number of nitrogens with zero attached hydrogens (tertiary/aromatic N) is 3. The van der Waals surface area contributed by atoms with Crippen molar-refractivity contribution in [2.45, 2.75) is 56.0 Å². The summed E-state index contributed by atoms with van der Waals surface area (Å²) in [4.78, 5) is 108. The zero-order chi connectivity index (χ0) is 56.0. The Morgan fingerprint density at radius 1 is 0.759 bits per heavy atom. The molecule has 3 fully saturated rings. The van der Waals surface area contributed by atoms with Gasteiger partial charge in [-0.3, -0.25) is 28.9 Å². The van der Waals surface area contributed by atoms with Crippen LogP contribution in [0.5, 0.6) is 5.75 Å². The van der Waals surface area contributed by atoms with Gasteiger partial charge in [0, 0.05) is 36.4 Å². The van der Waals surface area contributed by atoms with Crippen LogP contribution < -0.4 is 25.2 Å². The molecule has 19 heteroatoms. The van der Waals surface area contributed by atoms with Gasteiger partial charge >= 0.3 is 29.9 Å². The van der Waals surface area contributed by atoms with E-state index in [0.717, 1.165) is 24.8 Å².